The molecule has 0 saturated heterocycles. The maximum Gasteiger partial charge on any atom is 0.374 e. The van der Waals surface area contributed by atoms with Crippen LogP contribution in [-0.2, 0) is 4.43 Å². The summed E-state index contributed by atoms with van der Waals surface area (Å²) in [4.78, 5) is 2.72. The third kappa shape index (κ3) is 5.94. The Morgan fingerprint density at radius 3 is 2.45 bits per heavy atom. The van der Waals surface area contributed by atoms with Gasteiger partial charge in [-0.05, 0) is 30.5 Å². The minimum absolute atomic E-state index is 0.0214. The van der Waals surface area contributed by atoms with Gasteiger partial charge in [-0.15, -0.1) is 0 Å². The summed E-state index contributed by atoms with van der Waals surface area (Å²) in [6.07, 6.45) is -0.577. The standard InChI is InChI=1S/C11H24BN5O2Si/c1-11(2,3)20(5,6)19-10(8-15-17-14)9(7-13)16-12(4)18/h9-10,16,18H,8H2,1-6H3/t9-,10+/m1/s1. The van der Waals surface area contributed by atoms with E-state index in [2.05, 4.69) is 55.2 Å². The third-order valence-electron chi connectivity index (χ3n) is 3.51. The van der Waals surface area contributed by atoms with Gasteiger partial charge >= 0.3 is 7.05 Å². The van der Waals surface area contributed by atoms with Gasteiger partial charge in [-0.3, -0.25) is 0 Å². The minimum Gasteiger partial charge on any atom is -0.437 e. The topological polar surface area (TPSA) is 114 Å². The molecule has 2 atom stereocenters. The highest BCUT2D eigenvalue weighted by molar-refractivity contribution is 6.74. The Morgan fingerprint density at radius 2 is 2.10 bits per heavy atom. The maximum atomic E-state index is 9.38. The first-order valence-corrected chi connectivity index (χ1v) is 9.48. The SMILES string of the molecule is CB(O)N[C@H](C#N)[C@H](CN=[N+]=[N-])O[Si](C)(C)C(C)(C)C. The van der Waals surface area contributed by atoms with Crippen LogP contribution in [-0.4, -0.2) is 39.1 Å². The smallest absolute Gasteiger partial charge is 0.374 e. The van der Waals surface area contributed by atoms with E-state index in [1.807, 2.05) is 0 Å². The maximum absolute atomic E-state index is 9.38. The van der Waals surface area contributed by atoms with Gasteiger partial charge in [0.2, 0.25) is 0 Å². The molecule has 0 aromatic heterocycles. The number of nitriles is 1. The average Bonchev–Trinajstić information content (AvgIpc) is 2.29. The lowest BCUT2D eigenvalue weighted by molar-refractivity contribution is 0.169. The van der Waals surface area contributed by atoms with Gasteiger partial charge in [0, 0.05) is 4.91 Å². The van der Waals surface area contributed by atoms with E-state index in [1.54, 1.807) is 0 Å². The molecule has 20 heavy (non-hydrogen) atoms. The zero-order valence-electron chi connectivity index (χ0n) is 13.1. The molecule has 0 bridgehead atoms. The van der Waals surface area contributed by atoms with Crippen molar-refractivity contribution >= 4 is 15.4 Å². The second kappa shape index (κ2) is 7.67. The van der Waals surface area contributed by atoms with E-state index in [-0.39, 0.29) is 11.6 Å². The van der Waals surface area contributed by atoms with Crippen LogP contribution in [0.15, 0.2) is 5.11 Å². The Labute approximate surface area is 122 Å². The first kappa shape index (κ1) is 19.0. The monoisotopic (exact) mass is 297 g/mol. The molecule has 0 aliphatic carbocycles. The molecule has 0 heterocycles. The van der Waals surface area contributed by atoms with Gasteiger partial charge in [-0.1, -0.05) is 25.9 Å². The Bertz CT molecular complexity index is 399. The summed E-state index contributed by atoms with van der Waals surface area (Å²) in [5.74, 6) is 0. The largest absolute Gasteiger partial charge is 0.437 e. The number of nitrogens with zero attached hydrogens (tertiary/aromatic N) is 4. The number of hydrogen-bond acceptors (Lipinski definition) is 5. The first-order chi connectivity index (χ1) is 9.05. The third-order valence-corrected chi connectivity index (χ3v) is 8.01. The molecule has 0 amide bonds. The highest BCUT2D eigenvalue weighted by Gasteiger charge is 2.40. The molecule has 0 fully saturated rings. The van der Waals surface area contributed by atoms with Crippen LogP contribution in [0.5, 0.6) is 0 Å². The molecule has 0 saturated carbocycles. The molecule has 0 aliphatic heterocycles. The predicted molar refractivity (Wildman–Crippen MR) is 82.5 cm³/mol. The number of rotatable bonds is 7. The average molecular weight is 297 g/mol. The lowest BCUT2D eigenvalue weighted by atomic mass is 9.86. The van der Waals surface area contributed by atoms with Crippen molar-refractivity contribution in [3.63, 3.8) is 0 Å². The molecule has 0 aromatic carbocycles. The fourth-order valence-electron chi connectivity index (χ4n) is 1.37. The van der Waals surface area contributed by atoms with Crippen LogP contribution in [0.1, 0.15) is 20.8 Å². The van der Waals surface area contributed by atoms with E-state index in [4.69, 9.17) is 9.96 Å². The van der Waals surface area contributed by atoms with E-state index in [1.165, 1.54) is 6.82 Å². The number of hydrogen-bond donors (Lipinski definition) is 2. The molecule has 9 heteroatoms. The van der Waals surface area contributed by atoms with E-state index >= 15 is 0 Å². The second-order valence-electron chi connectivity index (χ2n) is 6.28. The van der Waals surface area contributed by atoms with Crippen molar-refractivity contribution < 1.29 is 9.45 Å². The molecule has 0 aromatic rings. The quantitative estimate of drug-likeness (QED) is 0.324. The molecule has 112 valence electrons. The highest BCUT2D eigenvalue weighted by atomic mass is 28.4. The summed E-state index contributed by atoms with van der Waals surface area (Å²) >= 11 is 0. The van der Waals surface area contributed by atoms with Gasteiger partial charge < -0.3 is 14.7 Å². The summed E-state index contributed by atoms with van der Waals surface area (Å²) in [6, 6.07) is 1.33. The molecule has 0 spiro atoms. The second-order valence-corrected chi connectivity index (χ2v) is 11.0. The fourth-order valence-corrected chi connectivity index (χ4v) is 2.69. The van der Waals surface area contributed by atoms with Crippen LogP contribution in [0.3, 0.4) is 0 Å². The highest BCUT2D eigenvalue weighted by Crippen LogP contribution is 2.37. The molecule has 7 nitrogen and oxygen atoms in total. The molecular weight excluding hydrogens is 273 g/mol. The lowest BCUT2D eigenvalue weighted by Crippen LogP contribution is -2.53. The molecule has 0 rings (SSSR count). The Balaban J connectivity index is 5.15. The van der Waals surface area contributed by atoms with Crippen LogP contribution in [0.25, 0.3) is 10.4 Å². The number of azide groups is 1. The van der Waals surface area contributed by atoms with Crippen LogP contribution < -0.4 is 5.23 Å². The lowest BCUT2D eigenvalue weighted by Gasteiger charge is -2.40. The van der Waals surface area contributed by atoms with Crippen molar-refractivity contribution in [1.29, 1.82) is 5.26 Å². The van der Waals surface area contributed by atoms with Gasteiger partial charge in [-0.25, -0.2) is 0 Å². The predicted octanol–water partition coefficient (Wildman–Crippen LogP) is 2.28. The van der Waals surface area contributed by atoms with Gasteiger partial charge in [0.15, 0.2) is 8.32 Å². The van der Waals surface area contributed by atoms with Gasteiger partial charge in [0.25, 0.3) is 0 Å². The first-order valence-electron chi connectivity index (χ1n) is 6.57. The van der Waals surface area contributed by atoms with Crippen LogP contribution in [0.2, 0.25) is 25.0 Å². The van der Waals surface area contributed by atoms with E-state index in [0.29, 0.717) is 0 Å². The summed E-state index contributed by atoms with van der Waals surface area (Å²) < 4.78 is 6.14. The summed E-state index contributed by atoms with van der Waals surface area (Å²) in [5.41, 5.74) is 8.47. The summed E-state index contributed by atoms with van der Waals surface area (Å²) in [5, 5.41) is 24.8. The van der Waals surface area contributed by atoms with Crippen molar-refractivity contribution in [2.24, 2.45) is 5.11 Å². The summed E-state index contributed by atoms with van der Waals surface area (Å²) in [7, 11) is -2.94. The zero-order valence-corrected chi connectivity index (χ0v) is 14.1. The van der Waals surface area contributed by atoms with E-state index in [0.717, 1.165) is 0 Å². The van der Waals surface area contributed by atoms with Crippen LogP contribution in [0.4, 0.5) is 0 Å². The van der Waals surface area contributed by atoms with Gasteiger partial charge in [0.1, 0.15) is 6.04 Å². The van der Waals surface area contributed by atoms with Gasteiger partial charge in [-0.2, -0.15) is 5.26 Å². The minimum atomic E-state index is -2.10. The van der Waals surface area contributed by atoms with Crippen LogP contribution >= 0.6 is 0 Å². The Kier molecular flexibility index (Phi) is 7.27. The summed E-state index contributed by atoms with van der Waals surface area (Å²) in [6.45, 7) is 12.0. The van der Waals surface area contributed by atoms with Crippen molar-refractivity contribution in [2.45, 2.75) is 57.9 Å². The van der Waals surface area contributed by atoms with Crippen molar-refractivity contribution in [3.05, 3.63) is 10.4 Å². The molecule has 0 radical (unpaired) electrons. The molecule has 0 unspecified atom stereocenters. The zero-order chi connectivity index (χ0) is 16.0. The van der Waals surface area contributed by atoms with Crippen molar-refractivity contribution in [3.8, 4) is 6.07 Å². The molecule has 0 aliphatic rings. The molecular formula is C11H24BN5O2Si. The van der Waals surface area contributed by atoms with Crippen molar-refractivity contribution in [1.82, 2.24) is 5.23 Å². The van der Waals surface area contributed by atoms with E-state index in [9.17, 15) is 10.3 Å². The van der Waals surface area contributed by atoms with E-state index < -0.39 is 27.5 Å². The molecule has 2 N–H and O–H groups in total. The number of nitrogens with one attached hydrogen (secondary N) is 1. The fraction of sp³-hybridized carbons (Fsp3) is 0.909. The van der Waals surface area contributed by atoms with Crippen molar-refractivity contribution in [2.75, 3.05) is 6.54 Å². The normalized spacial score (nSPS) is 14.9. The van der Waals surface area contributed by atoms with Gasteiger partial charge in [0.05, 0.1) is 18.7 Å². The Morgan fingerprint density at radius 1 is 1.55 bits per heavy atom. The Hall–Kier alpha value is -1.04. The van der Waals surface area contributed by atoms with Crippen LogP contribution in [0, 0.1) is 11.3 Å².